The predicted molar refractivity (Wildman–Crippen MR) is 56.1 cm³/mol. The van der Waals surface area contributed by atoms with E-state index in [2.05, 4.69) is 6.07 Å². The van der Waals surface area contributed by atoms with E-state index < -0.39 is 0 Å². The highest BCUT2D eigenvalue weighted by atomic mass is 16.5. The van der Waals surface area contributed by atoms with Crippen LogP contribution in [0.5, 0.6) is 5.75 Å². The number of nitriles is 1. The molecule has 0 aromatic heterocycles. The first kappa shape index (κ1) is 10.3. The fraction of sp³-hybridized carbons (Fsp3) is 0.250. The summed E-state index contributed by atoms with van der Waals surface area (Å²) in [5.41, 5.74) is 1.79. The van der Waals surface area contributed by atoms with E-state index in [1.54, 1.807) is 12.1 Å². The number of ether oxygens (including phenoxy) is 1. The Labute approximate surface area is 84.4 Å². The Balaban J connectivity index is 2.68. The SMILES string of the molecule is CC(C)=CCOc1ccccc1C#N. The molecule has 0 fully saturated rings. The number of hydrogen-bond acceptors (Lipinski definition) is 2. The van der Waals surface area contributed by atoms with Gasteiger partial charge in [0, 0.05) is 0 Å². The number of hydrogen-bond donors (Lipinski definition) is 0. The molecule has 0 saturated heterocycles. The van der Waals surface area contributed by atoms with E-state index in [-0.39, 0.29) is 0 Å². The van der Waals surface area contributed by atoms with Crippen LogP contribution in [0.3, 0.4) is 0 Å². The van der Waals surface area contributed by atoms with Crippen molar-refractivity contribution in [3.63, 3.8) is 0 Å². The van der Waals surface area contributed by atoms with Gasteiger partial charge >= 0.3 is 0 Å². The highest BCUT2D eigenvalue weighted by Crippen LogP contribution is 2.16. The molecule has 1 aromatic rings. The lowest BCUT2D eigenvalue weighted by Crippen LogP contribution is -1.95. The molecular weight excluding hydrogens is 174 g/mol. The zero-order chi connectivity index (χ0) is 10.4. The molecule has 0 aliphatic rings. The molecule has 0 N–H and O–H groups in total. The monoisotopic (exact) mass is 187 g/mol. The molecule has 14 heavy (non-hydrogen) atoms. The van der Waals surface area contributed by atoms with E-state index >= 15 is 0 Å². The van der Waals surface area contributed by atoms with Gasteiger partial charge in [-0.25, -0.2) is 0 Å². The maximum Gasteiger partial charge on any atom is 0.137 e. The molecule has 0 saturated carbocycles. The highest BCUT2D eigenvalue weighted by Gasteiger charge is 1.99. The molecule has 0 unspecified atom stereocenters. The van der Waals surface area contributed by atoms with Gasteiger partial charge in [-0.15, -0.1) is 0 Å². The summed E-state index contributed by atoms with van der Waals surface area (Å²) in [6.07, 6.45) is 1.98. The van der Waals surface area contributed by atoms with Gasteiger partial charge in [0.05, 0.1) is 5.56 Å². The van der Waals surface area contributed by atoms with Crippen LogP contribution in [0.15, 0.2) is 35.9 Å². The number of nitrogens with zero attached hydrogens (tertiary/aromatic N) is 1. The van der Waals surface area contributed by atoms with Gasteiger partial charge in [0.15, 0.2) is 0 Å². The van der Waals surface area contributed by atoms with Crippen LogP contribution in [-0.2, 0) is 0 Å². The second-order valence-electron chi connectivity index (χ2n) is 3.20. The minimum atomic E-state index is 0.515. The van der Waals surface area contributed by atoms with Crippen LogP contribution >= 0.6 is 0 Å². The van der Waals surface area contributed by atoms with Crippen molar-refractivity contribution in [1.82, 2.24) is 0 Å². The zero-order valence-corrected chi connectivity index (χ0v) is 8.45. The summed E-state index contributed by atoms with van der Waals surface area (Å²) in [6, 6.07) is 9.32. The lowest BCUT2D eigenvalue weighted by molar-refractivity contribution is 0.361. The topological polar surface area (TPSA) is 33.0 Å². The van der Waals surface area contributed by atoms with Crippen molar-refractivity contribution in [2.75, 3.05) is 6.61 Å². The van der Waals surface area contributed by atoms with Gasteiger partial charge < -0.3 is 4.74 Å². The number of rotatable bonds is 3. The van der Waals surface area contributed by atoms with Gasteiger partial charge in [-0.3, -0.25) is 0 Å². The second kappa shape index (κ2) is 5.08. The average Bonchev–Trinajstić information content (AvgIpc) is 2.18. The summed E-state index contributed by atoms with van der Waals surface area (Å²) in [6.45, 7) is 4.54. The van der Waals surface area contributed by atoms with Gasteiger partial charge in [-0.2, -0.15) is 5.26 Å². The summed E-state index contributed by atoms with van der Waals surface area (Å²) in [5, 5.41) is 8.78. The first-order valence-corrected chi connectivity index (χ1v) is 4.49. The summed E-state index contributed by atoms with van der Waals surface area (Å²) >= 11 is 0. The first-order valence-electron chi connectivity index (χ1n) is 4.49. The summed E-state index contributed by atoms with van der Waals surface area (Å²) in [5.74, 6) is 0.646. The fourth-order valence-corrected chi connectivity index (χ4v) is 0.983. The lowest BCUT2D eigenvalue weighted by Gasteiger charge is -2.04. The molecule has 72 valence electrons. The largest absolute Gasteiger partial charge is 0.488 e. The zero-order valence-electron chi connectivity index (χ0n) is 8.45. The lowest BCUT2D eigenvalue weighted by atomic mass is 10.2. The van der Waals surface area contributed by atoms with E-state index in [0.29, 0.717) is 17.9 Å². The van der Waals surface area contributed by atoms with Crippen molar-refractivity contribution in [3.8, 4) is 11.8 Å². The molecule has 2 heteroatoms. The van der Waals surface area contributed by atoms with Crippen molar-refractivity contribution in [3.05, 3.63) is 41.5 Å². The van der Waals surface area contributed by atoms with Crippen LogP contribution in [-0.4, -0.2) is 6.61 Å². The van der Waals surface area contributed by atoms with Gasteiger partial charge in [0.1, 0.15) is 18.4 Å². The molecule has 1 rings (SSSR count). The van der Waals surface area contributed by atoms with Crippen LogP contribution in [0.1, 0.15) is 19.4 Å². The van der Waals surface area contributed by atoms with Crippen LogP contribution in [0.2, 0.25) is 0 Å². The second-order valence-corrected chi connectivity index (χ2v) is 3.20. The molecule has 1 aromatic carbocycles. The number of allylic oxidation sites excluding steroid dienone is 1. The minimum absolute atomic E-state index is 0.515. The minimum Gasteiger partial charge on any atom is -0.488 e. The number of para-hydroxylation sites is 1. The summed E-state index contributed by atoms with van der Waals surface area (Å²) < 4.78 is 5.44. The Bertz CT molecular complexity index is 370. The van der Waals surface area contributed by atoms with Crippen LogP contribution in [0, 0.1) is 11.3 Å². The molecular formula is C12H13NO. The molecule has 0 heterocycles. The van der Waals surface area contributed by atoms with Crippen molar-refractivity contribution in [2.24, 2.45) is 0 Å². The quantitative estimate of drug-likeness (QED) is 0.681. The molecule has 0 aliphatic heterocycles. The molecule has 2 nitrogen and oxygen atoms in total. The normalized spacial score (nSPS) is 8.93. The first-order chi connectivity index (χ1) is 6.74. The van der Waals surface area contributed by atoms with E-state index in [0.717, 1.165) is 0 Å². The third-order valence-corrected chi connectivity index (χ3v) is 1.74. The van der Waals surface area contributed by atoms with Gasteiger partial charge in [-0.05, 0) is 32.1 Å². The van der Waals surface area contributed by atoms with Crippen molar-refractivity contribution in [1.29, 1.82) is 5.26 Å². The van der Waals surface area contributed by atoms with Gasteiger partial charge in [0.25, 0.3) is 0 Å². The highest BCUT2D eigenvalue weighted by molar-refractivity contribution is 5.42. The van der Waals surface area contributed by atoms with Gasteiger partial charge in [-0.1, -0.05) is 17.7 Å². The van der Waals surface area contributed by atoms with E-state index in [1.165, 1.54) is 5.57 Å². The molecule has 0 radical (unpaired) electrons. The Kier molecular flexibility index (Phi) is 3.75. The summed E-state index contributed by atoms with van der Waals surface area (Å²) in [7, 11) is 0. The molecule has 0 aliphatic carbocycles. The smallest absolute Gasteiger partial charge is 0.137 e. The fourth-order valence-electron chi connectivity index (χ4n) is 0.983. The van der Waals surface area contributed by atoms with E-state index in [9.17, 15) is 0 Å². The van der Waals surface area contributed by atoms with Crippen molar-refractivity contribution >= 4 is 0 Å². The average molecular weight is 187 g/mol. The maximum absolute atomic E-state index is 8.78. The molecule has 0 atom stereocenters. The van der Waals surface area contributed by atoms with Crippen molar-refractivity contribution in [2.45, 2.75) is 13.8 Å². The molecule has 0 bridgehead atoms. The molecule has 0 spiro atoms. The van der Waals surface area contributed by atoms with Crippen LogP contribution < -0.4 is 4.74 Å². The van der Waals surface area contributed by atoms with E-state index in [4.69, 9.17) is 10.00 Å². The molecule has 0 amide bonds. The number of benzene rings is 1. The van der Waals surface area contributed by atoms with Crippen molar-refractivity contribution < 1.29 is 4.74 Å². The van der Waals surface area contributed by atoms with E-state index in [1.807, 2.05) is 32.1 Å². The predicted octanol–water partition coefficient (Wildman–Crippen LogP) is 2.90. The van der Waals surface area contributed by atoms with Crippen LogP contribution in [0.4, 0.5) is 0 Å². The standard InChI is InChI=1S/C12H13NO/c1-10(2)7-8-14-12-6-4-3-5-11(12)9-13/h3-7H,8H2,1-2H3. The van der Waals surface area contributed by atoms with Crippen LogP contribution in [0.25, 0.3) is 0 Å². The maximum atomic E-state index is 8.78. The third-order valence-electron chi connectivity index (χ3n) is 1.74. The Morgan fingerprint density at radius 1 is 1.43 bits per heavy atom. The third kappa shape index (κ3) is 2.95. The Morgan fingerprint density at radius 2 is 2.14 bits per heavy atom. The Hall–Kier alpha value is -1.75. The van der Waals surface area contributed by atoms with Gasteiger partial charge in [0.2, 0.25) is 0 Å². The summed E-state index contributed by atoms with van der Waals surface area (Å²) in [4.78, 5) is 0. The Morgan fingerprint density at radius 3 is 2.79 bits per heavy atom.